The molecule has 1 amide bonds. The van der Waals surface area contributed by atoms with Crippen LogP contribution in [0.3, 0.4) is 0 Å². The minimum Gasteiger partial charge on any atom is -0.322 e. The van der Waals surface area contributed by atoms with Crippen LogP contribution in [0, 0.1) is 0 Å². The van der Waals surface area contributed by atoms with E-state index in [0.717, 1.165) is 32.1 Å². The molecule has 1 fully saturated rings. The Morgan fingerprint density at radius 1 is 1.19 bits per heavy atom. The lowest BCUT2D eigenvalue weighted by molar-refractivity contribution is -0.116. The van der Waals surface area contributed by atoms with Gasteiger partial charge in [0.15, 0.2) is 0 Å². The zero-order valence-corrected chi connectivity index (χ0v) is 17.4. The predicted molar refractivity (Wildman–Crippen MR) is 106 cm³/mol. The number of halogens is 2. The number of carbonyl (C=O) groups excluding carboxylic acids is 1. The zero-order valence-electron chi connectivity index (χ0n) is 15.0. The quantitative estimate of drug-likeness (QED) is 0.728. The van der Waals surface area contributed by atoms with Crippen LogP contribution in [0.5, 0.6) is 0 Å². The monoisotopic (exact) mass is 421 g/mol. The number of hydrogen-bond donors (Lipinski definition) is 1. The number of benzene rings is 1. The van der Waals surface area contributed by atoms with Gasteiger partial charge in [0.1, 0.15) is 0 Å². The van der Waals surface area contributed by atoms with E-state index in [-0.39, 0.29) is 24.8 Å². The molecule has 0 heterocycles. The Kier molecular flexibility index (Phi) is 7.73. The van der Waals surface area contributed by atoms with E-state index in [0.29, 0.717) is 10.0 Å². The number of nitrogens with zero attached hydrogens (tertiary/aromatic N) is 2. The van der Waals surface area contributed by atoms with Crippen molar-refractivity contribution >= 4 is 45.0 Å². The molecule has 0 spiro atoms. The van der Waals surface area contributed by atoms with E-state index in [1.807, 2.05) is 0 Å². The number of hydrogen-bond acceptors (Lipinski definition) is 3. The molecule has 1 N–H and O–H groups in total. The maximum atomic E-state index is 12.9. The van der Waals surface area contributed by atoms with Crippen LogP contribution in [0.15, 0.2) is 18.2 Å². The first-order valence-corrected chi connectivity index (χ1v) is 10.9. The molecule has 0 aromatic heterocycles. The van der Waals surface area contributed by atoms with Gasteiger partial charge in [-0.15, -0.1) is 0 Å². The summed E-state index contributed by atoms with van der Waals surface area (Å²) in [5.41, 5.74) is 0.287. The highest BCUT2D eigenvalue weighted by Gasteiger charge is 2.33. The molecule has 0 radical (unpaired) electrons. The molecular formula is C17H25Cl2N3O3S. The van der Waals surface area contributed by atoms with Crippen LogP contribution in [-0.2, 0) is 15.0 Å². The summed E-state index contributed by atoms with van der Waals surface area (Å²) in [6.07, 6.45) is 4.91. The molecule has 2 rings (SSSR count). The van der Waals surface area contributed by atoms with Crippen molar-refractivity contribution in [3.05, 3.63) is 28.2 Å². The number of rotatable bonds is 7. The average Bonchev–Trinajstić information content (AvgIpc) is 2.62. The van der Waals surface area contributed by atoms with Crippen molar-refractivity contribution in [2.45, 2.75) is 45.1 Å². The Bertz CT molecular complexity index is 717. The molecule has 0 saturated heterocycles. The number of para-hydroxylation sites is 1. The van der Waals surface area contributed by atoms with Gasteiger partial charge in [0.2, 0.25) is 5.91 Å². The predicted octanol–water partition coefficient (Wildman–Crippen LogP) is 3.76. The highest BCUT2D eigenvalue weighted by atomic mass is 35.5. The summed E-state index contributed by atoms with van der Waals surface area (Å²) >= 11 is 12.1. The zero-order chi connectivity index (χ0) is 19.3. The minimum atomic E-state index is -3.72. The fourth-order valence-electron chi connectivity index (χ4n) is 3.13. The van der Waals surface area contributed by atoms with Crippen molar-refractivity contribution < 1.29 is 13.2 Å². The molecule has 1 saturated carbocycles. The standard InChI is InChI=1S/C17H25Cl2N3O3S/c1-3-22(26(24,25)21(2)13-8-5-4-6-9-13)12-16(23)20-17-14(18)10-7-11-15(17)19/h7,10-11,13H,3-6,8-9,12H2,1-2H3,(H,20,23). The van der Waals surface area contributed by atoms with Crippen LogP contribution < -0.4 is 5.32 Å². The lowest BCUT2D eigenvalue weighted by Crippen LogP contribution is -2.49. The largest absolute Gasteiger partial charge is 0.322 e. The molecule has 26 heavy (non-hydrogen) atoms. The second kappa shape index (κ2) is 9.37. The van der Waals surface area contributed by atoms with Gasteiger partial charge in [-0.05, 0) is 25.0 Å². The molecule has 1 aliphatic carbocycles. The van der Waals surface area contributed by atoms with Crippen molar-refractivity contribution in [2.24, 2.45) is 0 Å². The number of anilines is 1. The molecule has 146 valence electrons. The van der Waals surface area contributed by atoms with Gasteiger partial charge >= 0.3 is 0 Å². The van der Waals surface area contributed by atoms with Crippen molar-refractivity contribution in [2.75, 3.05) is 25.5 Å². The van der Waals surface area contributed by atoms with Crippen molar-refractivity contribution in [3.8, 4) is 0 Å². The summed E-state index contributed by atoms with van der Waals surface area (Å²) in [5.74, 6) is -0.484. The summed E-state index contributed by atoms with van der Waals surface area (Å²) in [5, 5.41) is 3.21. The van der Waals surface area contributed by atoms with Crippen molar-refractivity contribution in [1.82, 2.24) is 8.61 Å². The van der Waals surface area contributed by atoms with Gasteiger partial charge in [-0.3, -0.25) is 4.79 Å². The molecule has 0 atom stereocenters. The van der Waals surface area contributed by atoms with E-state index >= 15 is 0 Å². The molecule has 6 nitrogen and oxygen atoms in total. The molecule has 0 unspecified atom stereocenters. The third-order valence-corrected chi connectivity index (χ3v) is 7.37. The van der Waals surface area contributed by atoms with Gasteiger partial charge < -0.3 is 5.32 Å². The maximum Gasteiger partial charge on any atom is 0.282 e. The molecule has 1 aromatic rings. The number of amides is 1. The normalized spacial score (nSPS) is 16.2. The van der Waals surface area contributed by atoms with Crippen molar-refractivity contribution in [3.63, 3.8) is 0 Å². The van der Waals surface area contributed by atoms with Crippen LogP contribution in [-0.4, -0.2) is 49.1 Å². The van der Waals surface area contributed by atoms with Crippen LogP contribution >= 0.6 is 23.2 Å². The van der Waals surface area contributed by atoms with Crippen molar-refractivity contribution in [1.29, 1.82) is 0 Å². The molecule has 1 aliphatic rings. The van der Waals surface area contributed by atoms with Gasteiger partial charge in [-0.1, -0.05) is 55.5 Å². The highest BCUT2D eigenvalue weighted by Crippen LogP contribution is 2.30. The Hall–Kier alpha value is -0.860. The van der Waals surface area contributed by atoms with Gasteiger partial charge in [0.05, 0.1) is 22.3 Å². The summed E-state index contributed by atoms with van der Waals surface area (Å²) in [6.45, 7) is 1.61. The Morgan fingerprint density at radius 3 is 2.31 bits per heavy atom. The van der Waals surface area contributed by atoms with E-state index in [9.17, 15) is 13.2 Å². The smallest absolute Gasteiger partial charge is 0.282 e. The van der Waals surface area contributed by atoms with E-state index in [1.54, 1.807) is 32.2 Å². The van der Waals surface area contributed by atoms with Crippen LogP contribution in [0.2, 0.25) is 10.0 Å². The van der Waals surface area contributed by atoms with E-state index in [2.05, 4.69) is 5.32 Å². The van der Waals surface area contributed by atoms with Gasteiger partial charge in [-0.2, -0.15) is 17.0 Å². The van der Waals surface area contributed by atoms with E-state index in [4.69, 9.17) is 23.2 Å². The Balaban J connectivity index is 2.08. The Labute approximate surface area is 165 Å². The number of carbonyl (C=O) groups is 1. The highest BCUT2D eigenvalue weighted by molar-refractivity contribution is 7.86. The first-order valence-electron chi connectivity index (χ1n) is 8.74. The molecule has 0 bridgehead atoms. The SMILES string of the molecule is CCN(CC(=O)Nc1c(Cl)cccc1Cl)S(=O)(=O)N(C)C1CCCCC1. The molecular weight excluding hydrogens is 397 g/mol. The number of likely N-dealkylation sites (N-methyl/N-ethyl adjacent to an activating group) is 1. The van der Waals surface area contributed by atoms with Gasteiger partial charge in [0.25, 0.3) is 10.2 Å². The van der Waals surface area contributed by atoms with Crippen LogP contribution in [0.25, 0.3) is 0 Å². The third-order valence-electron chi connectivity index (χ3n) is 4.68. The Morgan fingerprint density at radius 2 is 1.77 bits per heavy atom. The van der Waals surface area contributed by atoms with Crippen LogP contribution in [0.4, 0.5) is 5.69 Å². The lowest BCUT2D eigenvalue weighted by atomic mass is 9.96. The molecule has 9 heteroatoms. The first kappa shape index (κ1) is 21.4. The topological polar surface area (TPSA) is 69.7 Å². The maximum absolute atomic E-state index is 12.9. The van der Waals surface area contributed by atoms with E-state index < -0.39 is 16.1 Å². The molecule has 1 aromatic carbocycles. The van der Waals surface area contributed by atoms with Crippen LogP contribution in [0.1, 0.15) is 39.0 Å². The van der Waals surface area contributed by atoms with Gasteiger partial charge in [-0.25, -0.2) is 0 Å². The lowest BCUT2D eigenvalue weighted by Gasteiger charge is -2.34. The van der Waals surface area contributed by atoms with E-state index in [1.165, 1.54) is 8.61 Å². The fraction of sp³-hybridized carbons (Fsp3) is 0.588. The second-order valence-corrected chi connectivity index (χ2v) is 9.19. The minimum absolute atomic E-state index is 0.0103. The second-order valence-electron chi connectivity index (χ2n) is 6.39. The summed E-state index contributed by atoms with van der Waals surface area (Å²) in [6, 6.07) is 4.87. The number of nitrogens with one attached hydrogen (secondary N) is 1. The average molecular weight is 422 g/mol. The summed E-state index contributed by atoms with van der Waals surface area (Å²) in [4.78, 5) is 12.4. The summed E-state index contributed by atoms with van der Waals surface area (Å²) < 4.78 is 28.4. The fourth-order valence-corrected chi connectivity index (χ4v) is 5.18. The van der Waals surface area contributed by atoms with Gasteiger partial charge in [0, 0.05) is 19.6 Å². The third kappa shape index (κ3) is 5.10. The first-order chi connectivity index (χ1) is 12.3. The molecule has 0 aliphatic heterocycles. The summed E-state index contributed by atoms with van der Waals surface area (Å²) in [7, 11) is -2.12.